The lowest BCUT2D eigenvalue weighted by molar-refractivity contribution is -0.131. The third-order valence-electron chi connectivity index (χ3n) is 14.8. The van der Waals surface area contributed by atoms with Gasteiger partial charge in [0.15, 0.2) is 40.5 Å². The van der Waals surface area contributed by atoms with Crippen LogP contribution in [0.4, 0.5) is 61.6 Å². The van der Waals surface area contributed by atoms with Crippen LogP contribution in [0.25, 0.3) is 0 Å². The summed E-state index contributed by atoms with van der Waals surface area (Å²) in [5, 5.41) is 8.27. The molecular formula is C48H45F10N7O8. The zero-order valence-electron chi connectivity index (χ0n) is 38.8. The lowest BCUT2D eigenvalue weighted by atomic mass is 9.91. The molecule has 2 aliphatic heterocycles. The van der Waals surface area contributed by atoms with Crippen LogP contribution in [0, 0.1) is 35.3 Å². The van der Waals surface area contributed by atoms with E-state index in [1.165, 1.54) is 23.0 Å². The van der Waals surface area contributed by atoms with Gasteiger partial charge in [-0.3, -0.25) is 9.59 Å². The number of anilines is 3. The number of benzene rings is 1. The molecule has 2 amide bonds. The minimum Gasteiger partial charge on any atom is -0.484 e. The number of hydrogen-bond acceptors (Lipinski definition) is 13. The van der Waals surface area contributed by atoms with E-state index < -0.39 is 107 Å². The smallest absolute Gasteiger partial charge is 0.396 e. The Morgan fingerprint density at radius 2 is 1.48 bits per heavy atom. The van der Waals surface area contributed by atoms with Crippen molar-refractivity contribution in [3.8, 4) is 5.75 Å². The van der Waals surface area contributed by atoms with Crippen molar-refractivity contribution in [1.82, 2.24) is 20.4 Å². The third kappa shape index (κ3) is 9.69. The molecule has 25 heteroatoms. The zero-order chi connectivity index (χ0) is 51.5. The summed E-state index contributed by atoms with van der Waals surface area (Å²) in [6.07, 6.45) is -7.93. The van der Waals surface area contributed by atoms with Crippen LogP contribution in [-0.4, -0.2) is 88.6 Å². The Balaban J connectivity index is 0.682. The van der Waals surface area contributed by atoms with E-state index in [0.29, 0.717) is 48.8 Å². The van der Waals surface area contributed by atoms with Crippen molar-refractivity contribution in [2.75, 3.05) is 34.8 Å². The average molecular weight is 1040 g/mol. The Morgan fingerprint density at radius 1 is 0.849 bits per heavy atom. The normalized spacial score (nSPS) is 27.7. The summed E-state index contributed by atoms with van der Waals surface area (Å²) < 4.78 is 177. The Hall–Kier alpha value is -6.37. The average Bonchev–Trinajstić information content (AvgIpc) is 3.75. The van der Waals surface area contributed by atoms with Crippen molar-refractivity contribution in [3.63, 3.8) is 0 Å². The summed E-state index contributed by atoms with van der Waals surface area (Å²) in [5.41, 5.74) is -2.96. The first kappa shape index (κ1) is 48.9. The van der Waals surface area contributed by atoms with E-state index in [4.69, 9.17) is 27.6 Å². The second-order valence-corrected chi connectivity index (χ2v) is 20.0. The number of carbonyl (C=O) groups excluding carboxylic acids is 2. The van der Waals surface area contributed by atoms with Crippen molar-refractivity contribution < 1.29 is 81.1 Å². The highest BCUT2D eigenvalue weighted by molar-refractivity contribution is 6.04. The lowest BCUT2D eigenvalue weighted by Gasteiger charge is -2.48. The molecule has 3 saturated carbocycles. The predicted octanol–water partition coefficient (Wildman–Crippen LogP) is 9.31. The fraction of sp³-hybridized carbons (Fsp3) is 0.521. The van der Waals surface area contributed by atoms with Gasteiger partial charge < -0.3 is 48.0 Å². The molecule has 0 spiro atoms. The number of hydrogen-bond donors (Lipinski definition) is 2. The van der Waals surface area contributed by atoms with Gasteiger partial charge in [-0.05, 0) is 68.9 Å². The van der Waals surface area contributed by atoms with Gasteiger partial charge >= 0.3 is 12.4 Å². The van der Waals surface area contributed by atoms with Gasteiger partial charge in [0.25, 0.3) is 23.8 Å². The second-order valence-electron chi connectivity index (χ2n) is 20.0. The lowest BCUT2D eigenvalue weighted by Crippen LogP contribution is -2.63. The van der Waals surface area contributed by atoms with Crippen LogP contribution in [0.1, 0.15) is 89.7 Å². The van der Waals surface area contributed by atoms with Crippen molar-refractivity contribution in [2.45, 2.75) is 114 Å². The van der Waals surface area contributed by atoms with Crippen LogP contribution < -0.4 is 25.2 Å². The van der Waals surface area contributed by atoms with Crippen molar-refractivity contribution >= 4 is 29.5 Å². The van der Waals surface area contributed by atoms with Crippen LogP contribution in [0.3, 0.4) is 0 Å². The number of ether oxygens (including phenoxy) is 3. The standard InChI is InChI=1S/C48H45F10N7O8/c1-3-46(19-65(20-46)44-62-39(35(72-44)14-48(56,57)58)41(66)59-24-7-31(49)40(32(50)8-24)70-26-5-21-4-22(21)6-26)68-18-30-28-11-27(12-29(28)30)73-45(2)36(51)9-25(10-37(45)52)60-42(67)38-34(13-47(53,54)55)71-43(61-38)64-15-23-17-69-63-33(23)16-64/h7-11,17,21-22,26-27,29-30,36H,3-6,12-16,18-20H2,1-2H3,(H,59,66)(H,60,67). The van der Waals surface area contributed by atoms with Gasteiger partial charge in [0, 0.05) is 35.0 Å². The predicted molar refractivity (Wildman–Crippen MR) is 232 cm³/mol. The number of amides is 2. The number of nitrogens with zero attached hydrogens (tertiary/aromatic N) is 5. The minimum atomic E-state index is -4.80. The molecule has 4 aromatic rings. The first-order valence-corrected chi connectivity index (χ1v) is 23.6. The number of rotatable bonds is 16. The number of aromatic nitrogens is 3. The Morgan fingerprint density at radius 3 is 2.05 bits per heavy atom. The van der Waals surface area contributed by atoms with Crippen LogP contribution in [0.15, 0.2) is 67.1 Å². The quantitative estimate of drug-likeness (QED) is 0.0805. The second kappa shape index (κ2) is 17.6. The molecule has 0 radical (unpaired) electrons. The Labute approximate surface area is 407 Å². The summed E-state index contributed by atoms with van der Waals surface area (Å²) in [5.74, 6) is -6.91. The van der Waals surface area contributed by atoms with Crippen LogP contribution >= 0.6 is 0 Å². The van der Waals surface area contributed by atoms with Gasteiger partial charge in [-0.1, -0.05) is 23.7 Å². The number of halogens is 10. The van der Waals surface area contributed by atoms with E-state index in [9.17, 15) is 44.7 Å². The first-order chi connectivity index (χ1) is 34.5. The molecule has 0 bridgehead atoms. The maximum atomic E-state index is 15.9. The van der Waals surface area contributed by atoms with Gasteiger partial charge in [-0.25, -0.2) is 17.6 Å². The monoisotopic (exact) mass is 1040 g/mol. The van der Waals surface area contributed by atoms with E-state index in [1.54, 1.807) is 6.08 Å². The molecule has 390 valence electrons. The van der Waals surface area contributed by atoms with E-state index >= 15 is 8.78 Å². The van der Waals surface area contributed by atoms with Crippen molar-refractivity contribution in [2.24, 2.45) is 23.7 Å². The van der Waals surface area contributed by atoms with Crippen LogP contribution in [-0.2, 0) is 35.4 Å². The number of allylic oxidation sites excluding steroid dienone is 1. The zero-order valence-corrected chi connectivity index (χ0v) is 38.8. The van der Waals surface area contributed by atoms with Crippen molar-refractivity contribution in [1.29, 1.82) is 0 Å². The molecule has 7 aliphatic rings. The topological polar surface area (TPSA) is 170 Å². The molecular weight excluding hydrogens is 993 g/mol. The van der Waals surface area contributed by atoms with E-state index in [2.05, 4.69) is 25.8 Å². The van der Waals surface area contributed by atoms with Crippen LogP contribution in [0.2, 0.25) is 0 Å². The van der Waals surface area contributed by atoms with Gasteiger partial charge in [0.1, 0.15) is 47.7 Å². The molecule has 73 heavy (non-hydrogen) atoms. The number of carbonyl (C=O) groups is 2. The van der Waals surface area contributed by atoms with Gasteiger partial charge in [-0.15, -0.1) is 0 Å². The fourth-order valence-corrected chi connectivity index (χ4v) is 10.6. The van der Waals surface area contributed by atoms with Gasteiger partial charge in [0.05, 0.1) is 45.0 Å². The SMILES string of the molecule is CCC1(OCC2C3=CC(OC4(C)C(F)=CC(NC(=O)c5nc(N6Cc7conc7C6)oc5CC(F)(F)F)=CC4F)CC32)CN(c2nc(C(=O)Nc3cc(F)c(OC4CC5CC5C4)c(F)c3)c(CC(F)(F)F)o2)C1. The van der Waals surface area contributed by atoms with E-state index in [-0.39, 0.29) is 74.1 Å². The summed E-state index contributed by atoms with van der Waals surface area (Å²) in [7, 11) is 0. The molecule has 7 atom stereocenters. The maximum Gasteiger partial charge on any atom is 0.396 e. The van der Waals surface area contributed by atoms with Crippen molar-refractivity contribution in [3.05, 3.63) is 99.5 Å². The Bertz CT molecular complexity index is 2900. The highest BCUT2D eigenvalue weighted by atomic mass is 19.4. The van der Waals surface area contributed by atoms with E-state index in [0.717, 1.165) is 36.3 Å². The summed E-state index contributed by atoms with van der Waals surface area (Å²) >= 11 is 0. The van der Waals surface area contributed by atoms with Gasteiger partial charge in [-0.2, -0.15) is 36.3 Å². The molecule has 4 fully saturated rings. The fourth-order valence-electron chi connectivity index (χ4n) is 10.6. The molecule has 5 heterocycles. The highest BCUT2D eigenvalue weighted by Crippen LogP contribution is 2.56. The molecule has 2 N–H and O–H groups in total. The molecule has 11 rings (SSSR count). The molecule has 1 saturated heterocycles. The summed E-state index contributed by atoms with van der Waals surface area (Å²) in [6.45, 7) is 3.80. The molecule has 1 aromatic carbocycles. The highest BCUT2D eigenvalue weighted by Gasteiger charge is 2.55. The third-order valence-corrected chi connectivity index (χ3v) is 14.8. The summed E-state index contributed by atoms with van der Waals surface area (Å²) in [4.78, 5) is 37.6. The first-order valence-electron chi connectivity index (χ1n) is 23.6. The number of oxazole rings is 2. The summed E-state index contributed by atoms with van der Waals surface area (Å²) in [6, 6.07) is 1.07. The van der Waals surface area contributed by atoms with Crippen LogP contribution in [0.5, 0.6) is 5.75 Å². The minimum absolute atomic E-state index is 0.0320. The number of nitrogens with one attached hydrogen (secondary N) is 2. The van der Waals surface area contributed by atoms with Gasteiger partial charge in [0.2, 0.25) is 0 Å². The molecule has 7 unspecified atom stereocenters. The maximum absolute atomic E-state index is 15.9. The van der Waals surface area contributed by atoms with E-state index in [1.807, 2.05) is 6.92 Å². The molecule has 3 aromatic heterocycles. The number of fused-ring (bicyclic) bond motifs is 3. The Kier molecular flexibility index (Phi) is 11.8. The molecule has 15 nitrogen and oxygen atoms in total. The largest absolute Gasteiger partial charge is 0.484 e. The molecule has 5 aliphatic carbocycles. The number of alkyl halides is 7.